The van der Waals surface area contributed by atoms with E-state index in [-0.39, 0.29) is 17.3 Å². The number of alkyl halides is 3. The van der Waals surface area contributed by atoms with Gasteiger partial charge in [0.05, 0.1) is 11.1 Å². The predicted octanol–water partition coefficient (Wildman–Crippen LogP) is 2.18. The van der Waals surface area contributed by atoms with Gasteiger partial charge in [0.1, 0.15) is 0 Å². The smallest absolute Gasteiger partial charge is 0.398 e. The van der Waals surface area contributed by atoms with Gasteiger partial charge in [0.15, 0.2) is 0 Å². The van der Waals surface area contributed by atoms with Crippen molar-refractivity contribution in [1.29, 1.82) is 0 Å². The molecule has 0 radical (unpaired) electrons. The third-order valence-corrected chi connectivity index (χ3v) is 2.54. The molecule has 0 unspecified atom stereocenters. The maximum Gasteiger partial charge on any atom is 0.416 e. The number of nitrogen functional groups attached to an aromatic ring is 1. The molecule has 0 heterocycles. The molecule has 1 aliphatic rings. The molecule has 1 saturated carbocycles. The van der Waals surface area contributed by atoms with Gasteiger partial charge >= 0.3 is 6.18 Å². The molecule has 1 fully saturated rings. The van der Waals surface area contributed by atoms with Crippen LogP contribution in [0.3, 0.4) is 0 Å². The van der Waals surface area contributed by atoms with E-state index in [0.717, 1.165) is 31.0 Å². The van der Waals surface area contributed by atoms with Crippen LogP contribution in [0, 0.1) is 0 Å². The Labute approximate surface area is 95.8 Å². The molecule has 6 heteroatoms. The summed E-state index contributed by atoms with van der Waals surface area (Å²) in [7, 11) is 0. The number of halogens is 3. The summed E-state index contributed by atoms with van der Waals surface area (Å²) >= 11 is 0. The normalized spacial score (nSPS) is 15.7. The van der Waals surface area contributed by atoms with Crippen LogP contribution < -0.4 is 11.1 Å². The fourth-order valence-electron chi connectivity index (χ4n) is 1.42. The molecule has 0 atom stereocenters. The average molecular weight is 244 g/mol. The summed E-state index contributed by atoms with van der Waals surface area (Å²) < 4.78 is 37.4. The van der Waals surface area contributed by atoms with Crippen molar-refractivity contribution in [1.82, 2.24) is 5.32 Å². The Balaban J connectivity index is 2.28. The number of carbonyl (C=O) groups is 1. The Morgan fingerprint density at radius 1 is 1.35 bits per heavy atom. The zero-order valence-electron chi connectivity index (χ0n) is 8.84. The minimum Gasteiger partial charge on any atom is -0.398 e. The minimum absolute atomic E-state index is 0.0520. The van der Waals surface area contributed by atoms with Crippen LogP contribution in [-0.2, 0) is 6.18 Å². The molecule has 1 aromatic rings. The van der Waals surface area contributed by atoms with E-state index in [1.54, 1.807) is 0 Å². The van der Waals surface area contributed by atoms with E-state index in [4.69, 9.17) is 5.73 Å². The highest BCUT2D eigenvalue weighted by atomic mass is 19.4. The molecule has 0 bridgehead atoms. The second-order valence-corrected chi connectivity index (χ2v) is 4.05. The van der Waals surface area contributed by atoms with Gasteiger partial charge in [-0.2, -0.15) is 13.2 Å². The van der Waals surface area contributed by atoms with Crippen molar-refractivity contribution < 1.29 is 18.0 Å². The highest BCUT2D eigenvalue weighted by Crippen LogP contribution is 2.31. The summed E-state index contributed by atoms with van der Waals surface area (Å²) in [6.07, 6.45) is -2.74. The zero-order chi connectivity index (χ0) is 12.6. The molecule has 3 N–H and O–H groups in total. The molecule has 0 aliphatic heterocycles. The van der Waals surface area contributed by atoms with E-state index >= 15 is 0 Å². The number of hydrogen-bond donors (Lipinski definition) is 2. The first-order valence-corrected chi connectivity index (χ1v) is 5.15. The maximum atomic E-state index is 12.5. The molecule has 1 aliphatic carbocycles. The number of rotatable bonds is 2. The van der Waals surface area contributed by atoms with Gasteiger partial charge in [-0.15, -0.1) is 0 Å². The van der Waals surface area contributed by atoms with Crippen LogP contribution >= 0.6 is 0 Å². The fraction of sp³-hybridized carbons (Fsp3) is 0.364. The molecule has 0 spiro atoms. The van der Waals surface area contributed by atoms with Crippen LogP contribution in [0.2, 0.25) is 0 Å². The summed E-state index contributed by atoms with van der Waals surface area (Å²) in [4.78, 5) is 11.6. The molecule has 3 nitrogen and oxygen atoms in total. The zero-order valence-corrected chi connectivity index (χ0v) is 8.84. The van der Waals surface area contributed by atoms with Crippen LogP contribution in [0.5, 0.6) is 0 Å². The quantitative estimate of drug-likeness (QED) is 0.783. The second-order valence-electron chi connectivity index (χ2n) is 4.05. The summed E-state index contributed by atoms with van der Waals surface area (Å²) in [5.41, 5.74) is 4.57. The Morgan fingerprint density at radius 3 is 2.53 bits per heavy atom. The van der Waals surface area contributed by atoms with Crippen LogP contribution in [0.1, 0.15) is 28.8 Å². The van der Waals surface area contributed by atoms with Crippen LogP contribution in [0.4, 0.5) is 18.9 Å². The molecule has 2 rings (SSSR count). The van der Waals surface area contributed by atoms with Crippen molar-refractivity contribution in [2.24, 2.45) is 0 Å². The first kappa shape index (κ1) is 11.8. The Bertz CT molecular complexity index is 453. The molecular formula is C11H11F3N2O. The maximum absolute atomic E-state index is 12.5. The minimum atomic E-state index is -4.47. The Kier molecular flexibility index (Phi) is 2.73. The SMILES string of the molecule is Nc1ccc(C(F)(F)F)cc1C(=O)NC1CC1. The number of anilines is 1. The van der Waals surface area contributed by atoms with Gasteiger partial charge in [-0.05, 0) is 31.0 Å². The molecular weight excluding hydrogens is 233 g/mol. The molecule has 17 heavy (non-hydrogen) atoms. The largest absolute Gasteiger partial charge is 0.416 e. The van der Waals surface area contributed by atoms with E-state index < -0.39 is 17.6 Å². The monoisotopic (exact) mass is 244 g/mol. The lowest BCUT2D eigenvalue weighted by Gasteiger charge is -2.11. The number of carbonyl (C=O) groups excluding carboxylic acids is 1. The number of amides is 1. The van der Waals surface area contributed by atoms with E-state index in [9.17, 15) is 18.0 Å². The highest BCUT2D eigenvalue weighted by molar-refractivity contribution is 5.99. The fourth-order valence-corrected chi connectivity index (χ4v) is 1.42. The number of hydrogen-bond acceptors (Lipinski definition) is 2. The van der Waals surface area contributed by atoms with Crippen molar-refractivity contribution >= 4 is 11.6 Å². The van der Waals surface area contributed by atoms with Crippen LogP contribution in [0.15, 0.2) is 18.2 Å². The Morgan fingerprint density at radius 2 is 2.00 bits per heavy atom. The topological polar surface area (TPSA) is 55.1 Å². The third kappa shape index (κ3) is 2.69. The lowest BCUT2D eigenvalue weighted by Crippen LogP contribution is -2.26. The van der Waals surface area contributed by atoms with Gasteiger partial charge in [-0.1, -0.05) is 0 Å². The number of nitrogens with one attached hydrogen (secondary N) is 1. The van der Waals surface area contributed by atoms with Gasteiger partial charge in [0.2, 0.25) is 0 Å². The van der Waals surface area contributed by atoms with Gasteiger partial charge < -0.3 is 11.1 Å². The highest BCUT2D eigenvalue weighted by Gasteiger charge is 2.32. The predicted molar refractivity (Wildman–Crippen MR) is 56.3 cm³/mol. The van der Waals surface area contributed by atoms with E-state index in [1.165, 1.54) is 0 Å². The molecule has 1 amide bonds. The third-order valence-electron chi connectivity index (χ3n) is 2.54. The van der Waals surface area contributed by atoms with Crippen molar-refractivity contribution in [2.75, 3.05) is 5.73 Å². The summed E-state index contributed by atoms with van der Waals surface area (Å²) in [6.45, 7) is 0. The number of benzene rings is 1. The van der Waals surface area contributed by atoms with Gasteiger partial charge in [-0.25, -0.2) is 0 Å². The molecule has 0 aromatic heterocycles. The average Bonchev–Trinajstić information content (AvgIpc) is 3.00. The second kappa shape index (κ2) is 3.94. The summed E-state index contributed by atoms with van der Waals surface area (Å²) in [5, 5.41) is 2.60. The lowest BCUT2D eigenvalue weighted by atomic mass is 10.1. The standard InChI is InChI=1S/C11H11F3N2O/c12-11(13,14)6-1-4-9(15)8(5-6)10(17)16-7-2-3-7/h1,4-5,7H,2-3,15H2,(H,16,17). The Hall–Kier alpha value is -1.72. The number of nitrogens with two attached hydrogens (primary N) is 1. The van der Waals surface area contributed by atoms with Crippen molar-refractivity contribution in [3.63, 3.8) is 0 Å². The molecule has 1 aromatic carbocycles. The van der Waals surface area contributed by atoms with Gasteiger partial charge in [0.25, 0.3) is 5.91 Å². The lowest BCUT2D eigenvalue weighted by molar-refractivity contribution is -0.137. The van der Waals surface area contributed by atoms with Gasteiger partial charge in [0, 0.05) is 11.7 Å². The van der Waals surface area contributed by atoms with E-state index in [2.05, 4.69) is 5.32 Å². The van der Waals surface area contributed by atoms with E-state index in [1.807, 2.05) is 0 Å². The van der Waals surface area contributed by atoms with Crippen molar-refractivity contribution in [3.05, 3.63) is 29.3 Å². The van der Waals surface area contributed by atoms with Crippen LogP contribution in [-0.4, -0.2) is 11.9 Å². The summed E-state index contributed by atoms with van der Waals surface area (Å²) in [6, 6.07) is 2.83. The van der Waals surface area contributed by atoms with E-state index in [0.29, 0.717) is 0 Å². The van der Waals surface area contributed by atoms with Crippen molar-refractivity contribution in [2.45, 2.75) is 25.1 Å². The molecule has 92 valence electrons. The first-order valence-electron chi connectivity index (χ1n) is 5.15. The van der Waals surface area contributed by atoms with Crippen molar-refractivity contribution in [3.8, 4) is 0 Å². The molecule has 0 saturated heterocycles. The van der Waals surface area contributed by atoms with Crippen LogP contribution in [0.25, 0.3) is 0 Å². The van der Waals surface area contributed by atoms with Gasteiger partial charge in [-0.3, -0.25) is 4.79 Å². The summed E-state index contributed by atoms with van der Waals surface area (Å²) in [5.74, 6) is -0.545. The first-order chi connectivity index (χ1) is 7.88.